The van der Waals surface area contributed by atoms with Crippen LogP contribution in [0.4, 0.5) is 0 Å². The molecule has 0 bridgehead atoms. The maximum Gasteiger partial charge on any atom is 0.337 e. The molecule has 1 N–H and O–H groups in total. The lowest BCUT2D eigenvalue weighted by Gasteiger charge is -2.25. The normalized spacial score (nSPS) is 16.6. The Bertz CT molecular complexity index is 928. The predicted molar refractivity (Wildman–Crippen MR) is 104 cm³/mol. The molecule has 0 atom stereocenters. The molecule has 1 aromatic heterocycles. The fourth-order valence-corrected chi connectivity index (χ4v) is 5.62. The Morgan fingerprint density at radius 2 is 1.81 bits per heavy atom. The van der Waals surface area contributed by atoms with E-state index in [-0.39, 0.29) is 9.78 Å². The highest BCUT2D eigenvalue weighted by molar-refractivity contribution is 9.10. The van der Waals surface area contributed by atoms with Crippen molar-refractivity contribution in [3.8, 4) is 0 Å². The van der Waals surface area contributed by atoms with Crippen molar-refractivity contribution in [1.29, 1.82) is 0 Å². The molecule has 6 nitrogen and oxygen atoms in total. The van der Waals surface area contributed by atoms with Crippen LogP contribution in [-0.2, 0) is 19.6 Å². The van der Waals surface area contributed by atoms with Crippen LogP contribution in [0.25, 0.3) is 11.6 Å². The smallest absolute Gasteiger partial charge is 0.337 e. The summed E-state index contributed by atoms with van der Waals surface area (Å²) in [6, 6.07) is 10.2. The minimum absolute atomic E-state index is 0.0562. The molecule has 0 unspecified atom stereocenters. The van der Waals surface area contributed by atoms with Crippen molar-refractivity contribution in [3.63, 3.8) is 0 Å². The number of carboxylic acid groups (broad SMARTS) is 1. The van der Waals surface area contributed by atoms with Crippen LogP contribution >= 0.6 is 27.3 Å². The summed E-state index contributed by atoms with van der Waals surface area (Å²) in [5.74, 6) is -1.11. The Morgan fingerprint density at radius 3 is 2.42 bits per heavy atom. The third-order valence-electron chi connectivity index (χ3n) is 3.82. The number of carbonyl (C=O) groups is 1. The molecule has 1 aliphatic rings. The lowest BCUT2D eigenvalue weighted by Crippen LogP contribution is -2.40. The number of thiophene rings is 1. The first kappa shape index (κ1) is 19.2. The predicted octanol–water partition coefficient (Wildman–Crippen LogP) is 3.16. The SMILES string of the molecule is O=C(O)C(=Cc1ccc(Br)cc1)c1ccc(S(=O)(=O)N2CCOCC2)s1. The summed E-state index contributed by atoms with van der Waals surface area (Å²) in [4.78, 5) is 12.1. The van der Waals surface area contributed by atoms with E-state index >= 15 is 0 Å². The molecule has 0 saturated carbocycles. The van der Waals surface area contributed by atoms with Crippen LogP contribution in [-0.4, -0.2) is 50.1 Å². The highest BCUT2D eigenvalue weighted by Crippen LogP contribution is 2.31. The molecule has 26 heavy (non-hydrogen) atoms. The first-order chi connectivity index (χ1) is 12.4. The van der Waals surface area contributed by atoms with Gasteiger partial charge in [0.25, 0.3) is 10.0 Å². The molecule has 1 aromatic carbocycles. The highest BCUT2D eigenvalue weighted by atomic mass is 79.9. The Kier molecular flexibility index (Phi) is 5.93. The van der Waals surface area contributed by atoms with E-state index in [1.54, 1.807) is 12.1 Å². The van der Waals surface area contributed by atoms with Gasteiger partial charge in [-0.05, 0) is 35.9 Å². The van der Waals surface area contributed by atoms with E-state index in [1.165, 1.54) is 22.5 Å². The molecule has 0 spiro atoms. The van der Waals surface area contributed by atoms with Crippen molar-refractivity contribution >= 4 is 54.9 Å². The lowest BCUT2D eigenvalue weighted by atomic mass is 10.1. The summed E-state index contributed by atoms with van der Waals surface area (Å²) in [5, 5.41) is 9.56. The molecule has 1 fully saturated rings. The number of aliphatic carboxylic acids is 1. The van der Waals surface area contributed by atoms with Crippen LogP contribution < -0.4 is 0 Å². The van der Waals surface area contributed by atoms with Gasteiger partial charge < -0.3 is 9.84 Å². The fourth-order valence-electron chi connectivity index (χ4n) is 2.48. The lowest BCUT2D eigenvalue weighted by molar-refractivity contribution is -0.130. The third kappa shape index (κ3) is 4.24. The van der Waals surface area contributed by atoms with E-state index in [2.05, 4.69) is 15.9 Å². The van der Waals surface area contributed by atoms with Crippen LogP contribution in [0.5, 0.6) is 0 Å². The van der Waals surface area contributed by atoms with Crippen LogP contribution in [0.2, 0.25) is 0 Å². The molecule has 1 aliphatic heterocycles. The van der Waals surface area contributed by atoms with E-state index < -0.39 is 16.0 Å². The Morgan fingerprint density at radius 1 is 1.15 bits per heavy atom. The molecule has 0 radical (unpaired) electrons. The molecular weight excluding hydrogens is 442 g/mol. The number of hydrogen-bond acceptors (Lipinski definition) is 5. The van der Waals surface area contributed by atoms with Gasteiger partial charge in [0.2, 0.25) is 0 Å². The highest BCUT2D eigenvalue weighted by Gasteiger charge is 2.28. The second-order valence-corrected chi connectivity index (χ2v) is 9.71. The maximum absolute atomic E-state index is 12.7. The van der Waals surface area contributed by atoms with Gasteiger partial charge in [-0.2, -0.15) is 4.31 Å². The number of nitrogens with zero attached hydrogens (tertiary/aromatic N) is 1. The Balaban J connectivity index is 1.93. The first-order valence-corrected chi connectivity index (χ1v) is 10.8. The number of hydrogen-bond donors (Lipinski definition) is 1. The number of benzene rings is 1. The average Bonchev–Trinajstić information content (AvgIpc) is 3.12. The quantitative estimate of drug-likeness (QED) is 0.696. The average molecular weight is 458 g/mol. The molecule has 1 saturated heterocycles. The second-order valence-electron chi connectivity index (χ2n) is 5.55. The zero-order chi connectivity index (χ0) is 18.7. The van der Waals surface area contributed by atoms with Gasteiger partial charge >= 0.3 is 5.97 Å². The first-order valence-electron chi connectivity index (χ1n) is 7.76. The molecule has 2 heterocycles. The molecule has 2 aromatic rings. The zero-order valence-electron chi connectivity index (χ0n) is 13.6. The summed E-state index contributed by atoms with van der Waals surface area (Å²) in [7, 11) is -3.63. The number of sulfonamides is 1. The monoisotopic (exact) mass is 457 g/mol. The van der Waals surface area contributed by atoms with Crippen LogP contribution in [0.1, 0.15) is 10.4 Å². The fraction of sp³-hybridized carbons (Fsp3) is 0.235. The number of rotatable bonds is 5. The molecular formula is C17H16BrNO5S2. The van der Waals surface area contributed by atoms with Gasteiger partial charge in [0.1, 0.15) is 4.21 Å². The minimum Gasteiger partial charge on any atom is -0.478 e. The van der Waals surface area contributed by atoms with E-state index in [0.717, 1.165) is 21.4 Å². The third-order valence-corrected chi connectivity index (χ3v) is 7.84. The molecule has 9 heteroatoms. The summed E-state index contributed by atoms with van der Waals surface area (Å²) in [5.41, 5.74) is 0.775. The van der Waals surface area contributed by atoms with E-state index in [9.17, 15) is 18.3 Å². The molecule has 0 amide bonds. The number of halogens is 1. The molecule has 3 rings (SSSR count). The largest absolute Gasteiger partial charge is 0.478 e. The van der Waals surface area contributed by atoms with Crippen molar-refractivity contribution in [3.05, 3.63) is 51.3 Å². The van der Waals surface area contributed by atoms with E-state index in [4.69, 9.17) is 4.74 Å². The van der Waals surface area contributed by atoms with Crippen molar-refractivity contribution in [2.75, 3.05) is 26.3 Å². The van der Waals surface area contributed by atoms with Gasteiger partial charge in [-0.1, -0.05) is 28.1 Å². The Labute approximate surface area is 163 Å². The number of morpholine rings is 1. The van der Waals surface area contributed by atoms with Gasteiger partial charge in [-0.15, -0.1) is 11.3 Å². The summed E-state index contributed by atoms with van der Waals surface area (Å²) in [6.07, 6.45) is 1.53. The minimum atomic E-state index is -3.63. The van der Waals surface area contributed by atoms with Gasteiger partial charge in [-0.25, -0.2) is 13.2 Å². The molecule has 138 valence electrons. The van der Waals surface area contributed by atoms with Crippen molar-refractivity contribution in [2.24, 2.45) is 0 Å². The van der Waals surface area contributed by atoms with Crippen LogP contribution in [0.3, 0.4) is 0 Å². The van der Waals surface area contributed by atoms with Gasteiger partial charge in [0.05, 0.1) is 18.8 Å². The van der Waals surface area contributed by atoms with Gasteiger partial charge in [0, 0.05) is 22.4 Å². The number of carboxylic acids is 1. The summed E-state index contributed by atoms with van der Waals surface area (Å²) in [6.45, 7) is 1.33. The van der Waals surface area contributed by atoms with Crippen molar-refractivity contribution in [1.82, 2.24) is 4.31 Å². The standard InChI is InChI=1S/C17H16BrNO5S2/c18-13-3-1-12(2-4-13)11-14(17(20)21)15-5-6-16(25-15)26(22,23)19-7-9-24-10-8-19/h1-6,11H,7-10H2,(H,20,21). The Hall–Kier alpha value is -1.52. The van der Waals surface area contributed by atoms with E-state index in [0.29, 0.717) is 31.2 Å². The topological polar surface area (TPSA) is 83.9 Å². The number of ether oxygens (including phenoxy) is 1. The van der Waals surface area contributed by atoms with Crippen molar-refractivity contribution in [2.45, 2.75) is 4.21 Å². The maximum atomic E-state index is 12.7. The second kappa shape index (κ2) is 8.01. The van der Waals surface area contributed by atoms with Crippen LogP contribution in [0, 0.1) is 0 Å². The van der Waals surface area contributed by atoms with Crippen LogP contribution in [0.15, 0.2) is 45.1 Å². The van der Waals surface area contributed by atoms with Gasteiger partial charge in [-0.3, -0.25) is 0 Å². The van der Waals surface area contributed by atoms with Gasteiger partial charge in [0.15, 0.2) is 0 Å². The van der Waals surface area contributed by atoms with E-state index in [1.807, 2.05) is 12.1 Å². The summed E-state index contributed by atoms with van der Waals surface area (Å²) >= 11 is 4.30. The summed E-state index contributed by atoms with van der Waals surface area (Å²) < 4.78 is 33.0. The molecule has 0 aliphatic carbocycles. The van der Waals surface area contributed by atoms with Crippen molar-refractivity contribution < 1.29 is 23.1 Å². The zero-order valence-corrected chi connectivity index (χ0v) is 16.8.